The lowest BCUT2D eigenvalue weighted by Crippen LogP contribution is -2.44. The van der Waals surface area contributed by atoms with Crippen molar-refractivity contribution >= 4 is 22.5 Å². The first-order chi connectivity index (χ1) is 9.76. The third kappa shape index (κ3) is 2.60. The second-order valence-electron chi connectivity index (χ2n) is 5.18. The van der Waals surface area contributed by atoms with Crippen LogP contribution >= 0.6 is 0 Å². The van der Waals surface area contributed by atoms with Crippen LogP contribution in [0.25, 0.3) is 10.9 Å². The number of nitrogens with one attached hydrogen (secondary N) is 2. The van der Waals surface area contributed by atoms with Gasteiger partial charge in [0.1, 0.15) is 0 Å². The summed E-state index contributed by atoms with van der Waals surface area (Å²) in [5.74, 6) is 0.0447. The molecule has 1 aromatic heterocycles. The third-order valence-electron chi connectivity index (χ3n) is 3.83. The number of anilines is 1. The number of piperidine rings is 1. The Bertz CT molecular complexity index is 600. The van der Waals surface area contributed by atoms with Crippen LogP contribution in [-0.4, -0.2) is 46.7 Å². The second-order valence-corrected chi connectivity index (χ2v) is 5.18. The zero-order chi connectivity index (χ0) is 13.9. The number of benzene rings is 1. The van der Waals surface area contributed by atoms with Crippen LogP contribution in [0.4, 0.5) is 5.69 Å². The maximum atomic E-state index is 11.5. The van der Waals surface area contributed by atoms with E-state index in [9.17, 15) is 4.79 Å². The summed E-state index contributed by atoms with van der Waals surface area (Å²) in [5, 5.41) is 11.6. The molecule has 1 saturated heterocycles. The zero-order valence-corrected chi connectivity index (χ0v) is 11.3. The number of carbonyl (C=O) groups excluding carboxylic acids is 1. The largest absolute Gasteiger partial charge is 0.382 e. The summed E-state index contributed by atoms with van der Waals surface area (Å²) in [4.78, 5) is 13.4. The Morgan fingerprint density at radius 3 is 3.00 bits per heavy atom. The van der Waals surface area contributed by atoms with E-state index in [1.807, 2.05) is 17.2 Å². The summed E-state index contributed by atoms with van der Waals surface area (Å²) in [7, 11) is 0. The van der Waals surface area contributed by atoms with Gasteiger partial charge in [-0.2, -0.15) is 5.10 Å². The number of hydrogen-bond donors (Lipinski definition) is 3. The van der Waals surface area contributed by atoms with E-state index in [0.29, 0.717) is 6.04 Å². The molecule has 4 N–H and O–H groups in total. The number of nitrogens with two attached hydrogens (primary N) is 1. The molecule has 0 saturated carbocycles. The quantitative estimate of drug-likeness (QED) is 0.776. The Balaban J connectivity index is 1.60. The molecule has 6 heteroatoms. The van der Waals surface area contributed by atoms with Crippen molar-refractivity contribution in [3.8, 4) is 0 Å². The van der Waals surface area contributed by atoms with Crippen molar-refractivity contribution < 1.29 is 4.79 Å². The Kier molecular flexibility index (Phi) is 3.56. The number of rotatable bonds is 3. The predicted octanol–water partition coefficient (Wildman–Crippen LogP) is 0.924. The van der Waals surface area contributed by atoms with E-state index in [-0.39, 0.29) is 12.5 Å². The van der Waals surface area contributed by atoms with Gasteiger partial charge in [-0.1, -0.05) is 0 Å². The van der Waals surface area contributed by atoms with Gasteiger partial charge in [-0.25, -0.2) is 0 Å². The maximum Gasteiger partial charge on any atom is 0.236 e. The Morgan fingerprint density at radius 1 is 1.45 bits per heavy atom. The first-order valence-electron chi connectivity index (χ1n) is 6.94. The van der Waals surface area contributed by atoms with Crippen molar-refractivity contribution in [3.63, 3.8) is 0 Å². The molecule has 0 bridgehead atoms. The number of aromatic amines is 1. The summed E-state index contributed by atoms with van der Waals surface area (Å²) in [5.41, 5.74) is 7.53. The highest BCUT2D eigenvalue weighted by molar-refractivity contribution is 5.81. The number of likely N-dealkylation sites (tertiary alicyclic amines) is 1. The van der Waals surface area contributed by atoms with Gasteiger partial charge in [0.15, 0.2) is 0 Å². The van der Waals surface area contributed by atoms with Gasteiger partial charge >= 0.3 is 0 Å². The topological polar surface area (TPSA) is 87.0 Å². The number of amides is 1. The van der Waals surface area contributed by atoms with Crippen LogP contribution in [0.1, 0.15) is 12.8 Å². The second kappa shape index (κ2) is 5.50. The van der Waals surface area contributed by atoms with Crippen LogP contribution in [0, 0.1) is 0 Å². The predicted molar refractivity (Wildman–Crippen MR) is 78.4 cm³/mol. The molecule has 0 unspecified atom stereocenters. The molecule has 20 heavy (non-hydrogen) atoms. The fourth-order valence-corrected chi connectivity index (χ4v) is 2.67. The summed E-state index contributed by atoms with van der Waals surface area (Å²) in [6, 6.07) is 6.58. The molecular weight excluding hydrogens is 254 g/mol. The lowest BCUT2D eigenvalue weighted by atomic mass is 10.0. The Labute approximate surface area is 117 Å². The molecule has 1 amide bonds. The highest BCUT2D eigenvalue weighted by atomic mass is 16.2. The summed E-state index contributed by atoms with van der Waals surface area (Å²) in [6.07, 6.45) is 3.73. The van der Waals surface area contributed by atoms with Crippen LogP contribution in [0.15, 0.2) is 24.4 Å². The first-order valence-corrected chi connectivity index (χ1v) is 6.94. The van der Waals surface area contributed by atoms with Gasteiger partial charge in [-0.15, -0.1) is 0 Å². The Morgan fingerprint density at radius 2 is 2.25 bits per heavy atom. The number of nitrogens with zero attached hydrogens (tertiary/aromatic N) is 2. The zero-order valence-electron chi connectivity index (χ0n) is 11.3. The molecule has 1 fully saturated rings. The SMILES string of the molecule is NCC(=O)N1CCC(Nc2ccc3[nH]ncc3c2)CC1. The molecule has 0 radical (unpaired) electrons. The lowest BCUT2D eigenvalue weighted by molar-refractivity contribution is -0.130. The summed E-state index contributed by atoms with van der Waals surface area (Å²) in [6.45, 7) is 1.67. The van der Waals surface area contributed by atoms with Crippen molar-refractivity contribution in [1.82, 2.24) is 15.1 Å². The number of carbonyl (C=O) groups is 1. The van der Waals surface area contributed by atoms with E-state index >= 15 is 0 Å². The van der Waals surface area contributed by atoms with E-state index in [4.69, 9.17) is 5.73 Å². The van der Waals surface area contributed by atoms with Crippen LogP contribution in [-0.2, 0) is 4.79 Å². The van der Waals surface area contributed by atoms with Crippen molar-refractivity contribution in [1.29, 1.82) is 0 Å². The normalized spacial score (nSPS) is 16.6. The molecule has 6 nitrogen and oxygen atoms in total. The molecular formula is C14H19N5O. The molecule has 1 aliphatic heterocycles. The fourth-order valence-electron chi connectivity index (χ4n) is 2.67. The van der Waals surface area contributed by atoms with Gasteiger partial charge < -0.3 is 16.0 Å². The molecule has 2 heterocycles. The average molecular weight is 273 g/mol. The summed E-state index contributed by atoms with van der Waals surface area (Å²) >= 11 is 0. The lowest BCUT2D eigenvalue weighted by Gasteiger charge is -2.32. The van der Waals surface area contributed by atoms with Gasteiger partial charge in [-0.05, 0) is 31.0 Å². The molecule has 3 rings (SSSR count). The van der Waals surface area contributed by atoms with Crippen molar-refractivity contribution in [2.24, 2.45) is 5.73 Å². The van der Waals surface area contributed by atoms with Gasteiger partial charge in [-0.3, -0.25) is 9.89 Å². The average Bonchev–Trinajstić information content (AvgIpc) is 2.95. The molecule has 106 valence electrons. The molecule has 0 aliphatic carbocycles. The van der Waals surface area contributed by atoms with Crippen LogP contribution in [0.5, 0.6) is 0 Å². The van der Waals surface area contributed by atoms with Crippen molar-refractivity contribution in [2.75, 3.05) is 25.0 Å². The van der Waals surface area contributed by atoms with E-state index < -0.39 is 0 Å². The highest BCUT2D eigenvalue weighted by Crippen LogP contribution is 2.20. The fraction of sp³-hybridized carbons (Fsp3) is 0.429. The van der Waals surface area contributed by atoms with Crippen LogP contribution < -0.4 is 11.1 Å². The highest BCUT2D eigenvalue weighted by Gasteiger charge is 2.21. The number of fused-ring (bicyclic) bond motifs is 1. The van der Waals surface area contributed by atoms with Gasteiger partial charge in [0.2, 0.25) is 5.91 Å². The molecule has 0 atom stereocenters. The van der Waals surface area contributed by atoms with Crippen LogP contribution in [0.2, 0.25) is 0 Å². The maximum absolute atomic E-state index is 11.5. The first kappa shape index (κ1) is 12.9. The minimum atomic E-state index is 0.0447. The molecule has 0 spiro atoms. The third-order valence-corrected chi connectivity index (χ3v) is 3.83. The molecule has 1 aliphatic rings. The summed E-state index contributed by atoms with van der Waals surface area (Å²) < 4.78 is 0. The van der Waals surface area contributed by atoms with E-state index in [1.165, 1.54) is 0 Å². The molecule has 2 aromatic rings. The minimum Gasteiger partial charge on any atom is -0.382 e. The van der Waals surface area contributed by atoms with Gasteiger partial charge in [0.05, 0.1) is 18.3 Å². The van der Waals surface area contributed by atoms with Crippen molar-refractivity contribution in [3.05, 3.63) is 24.4 Å². The standard InChI is InChI=1S/C14H19N5O/c15-8-14(20)19-5-3-11(4-6-19)17-12-1-2-13-10(7-12)9-16-18-13/h1-2,7,9,11,17H,3-6,8,15H2,(H,16,18). The minimum absolute atomic E-state index is 0.0447. The number of H-pyrrole nitrogens is 1. The van der Waals surface area contributed by atoms with Crippen LogP contribution in [0.3, 0.4) is 0 Å². The van der Waals surface area contributed by atoms with Gasteiger partial charge in [0.25, 0.3) is 0 Å². The number of hydrogen-bond acceptors (Lipinski definition) is 4. The molecule has 1 aromatic carbocycles. The van der Waals surface area contributed by atoms with Crippen molar-refractivity contribution in [2.45, 2.75) is 18.9 Å². The van der Waals surface area contributed by atoms with E-state index in [2.05, 4.69) is 27.6 Å². The monoisotopic (exact) mass is 273 g/mol. The number of aromatic nitrogens is 2. The van der Waals surface area contributed by atoms with E-state index in [0.717, 1.165) is 42.5 Å². The smallest absolute Gasteiger partial charge is 0.236 e. The van der Waals surface area contributed by atoms with E-state index in [1.54, 1.807) is 0 Å². The Hall–Kier alpha value is -2.08. The van der Waals surface area contributed by atoms with Gasteiger partial charge in [0, 0.05) is 30.2 Å².